The molecule has 0 aliphatic carbocycles. The topological polar surface area (TPSA) is 111 Å². The van der Waals surface area contributed by atoms with Gasteiger partial charge in [-0.2, -0.15) is 0 Å². The molecule has 2 heterocycles. The minimum atomic E-state index is -1.51. The van der Waals surface area contributed by atoms with Gasteiger partial charge < -0.3 is 15.4 Å². The normalized spacial score (nSPS) is 11.0. The highest BCUT2D eigenvalue weighted by atomic mass is 19.1. The van der Waals surface area contributed by atoms with Crippen molar-refractivity contribution < 1.29 is 18.7 Å². The Morgan fingerprint density at radius 1 is 1.40 bits per heavy atom. The zero-order chi connectivity index (χ0) is 18.3. The number of aromatic carboxylic acids is 1. The number of carboxylic acid groups (broad SMARTS) is 1. The third-order valence-electron chi connectivity index (χ3n) is 3.76. The largest absolute Gasteiger partial charge is 0.477 e. The van der Waals surface area contributed by atoms with E-state index in [1.54, 1.807) is 6.92 Å². The number of rotatable bonds is 3. The predicted molar refractivity (Wildman–Crippen MR) is 86.2 cm³/mol. The summed E-state index contributed by atoms with van der Waals surface area (Å²) >= 11 is 0. The number of nitrogens with two attached hydrogens (primary N) is 1. The molecule has 0 atom stereocenters. The van der Waals surface area contributed by atoms with Crippen molar-refractivity contribution >= 4 is 22.8 Å². The van der Waals surface area contributed by atoms with Crippen molar-refractivity contribution in [3.63, 3.8) is 0 Å². The molecule has 25 heavy (non-hydrogen) atoms. The van der Waals surface area contributed by atoms with E-state index >= 15 is 4.39 Å². The number of aromatic nitrogens is 3. The molecule has 0 aliphatic rings. The molecule has 3 N–H and O–H groups in total. The van der Waals surface area contributed by atoms with Gasteiger partial charge in [-0.3, -0.25) is 4.79 Å². The first-order valence-electron chi connectivity index (χ1n) is 7.22. The molecule has 3 aromatic rings. The maximum atomic E-state index is 15.1. The quantitative estimate of drug-likeness (QED) is 0.751. The summed E-state index contributed by atoms with van der Waals surface area (Å²) in [5.41, 5.74) is 3.26. The van der Waals surface area contributed by atoms with Gasteiger partial charge in [0.1, 0.15) is 11.4 Å². The number of carbonyl (C=O) groups is 1. The lowest BCUT2D eigenvalue weighted by molar-refractivity contribution is 0.0695. The molecule has 0 fully saturated rings. The Hall–Kier alpha value is -3.36. The highest BCUT2D eigenvalue weighted by molar-refractivity contribution is 5.94. The molecule has 0 saturated heterocycles. The molecule has 9 heteroatoms. The van der Waals surface area contributed by atoms with E-state index in [9.17, 15) is 14.0 Å². The fourth-order valence-electron chi connectivity index (χ4n) is 2.62. The van der Waals surface area contributed by atoms with Crippen molar-refractivity contribution in [2.75, 3.05) is 5.73 Å². The van der Waals surface area contributed by atoms with Crippen LogP contribution in [0.5, 0.6) is 0 Å². The number of anilines is 1. The summed E-state index contributed by atoms with van der Waals surface area (Å²) in [4.78, 5) is 31.0. The van der Waals surface area contributed by atoms with Gasteiger partial charge in [0.25, 0.3) is 0 Å². The van der Waals surface area contributed by atoms with E-state index in [0.717, 1.165) is 12.3 Å². The Kier molecular flexibility index (Phi) is 3.91. The van der Waals surface area contributed by atoms with Gasteiger partial charge in [-0.25, -0.2) is 23.5 Å². The van der Waals surface area contributed by atoms with Gasteiger partial charge in [0.15, 0.2) is 5.82 Å². The van der Waals surface area contributed by atoms with Crippen molar-refractivity contribution in [2.24, 2.45) is 0 Å². The first-order chi connectivity index (χ1) is 11.8. The number of hydrogen-bond acceptors (Lipinski definition) is 5. The summed E-state index contributed by atoms with van der Waals surface area (Å²) in [7, 11) is 0. The average molecular weight is 346 g/mol. The number of fused-ring (bicyclic) bond motifs is 1. The summed E-state index contributed by atoms with van der Waals surface area (Å²) in [6.45, 7) is 1.74. The number of benzene rings is 1. The third-order valence-corrected chi connectivity index (χ3v) is 3.76. The fourth-order valence-corrected chi connectivity index (χ4v) is 2.62. The van der Waals surface area contributed by atoms with E-state index in [0.29, 0.717) is 0 Å². The number of nitrogens with zero attached hydrogens (tertiary/aromatic N) is 3. The van der Waals surface area contributed by atoms with Crippen LogP contribution in [0.4, 0.5) is 14.7 Å². The Labute approximate surface area is 139 Å². The Morgan fingerprint density at radius 2 is 2.12 bits per heavy atom. The van der Waals surface area contributed by atoms with Crippen LogP contribution in [0, 0.1) is 11.6 Å². The van der Waals surface area contributed by atoms with E-state index in [-0.39, 0.29) is 29.3 Å². The van der Waals surface area contributed by atoms with E-state index in [4.69, 9.17) is 10.8 Å². The second-order valence-electron chi connectivity index (χ2n) is 5.21. The summed E-state index contributed by atoms with van der Waals surface area (Å²) in [5.74, 6) is -3.57. The second kappa shape index (κ2) is 5.93. The lowest BCUT2D eigenvalue weighted by Crippen LogP contribution is -2.20. The van der Waals surface area contributed by atoms with Crippen LogP contribution in [0.2, 0.25) is 0 Å². The van der Waals surface area contributed by atoms with Crippen molar-refractivity contribution in [2.45, 2.75) is 13.5 Å². The van der Waals surface area contributed by atoms with Crippen LogP contribution in [0.3, 0.4) is 0 Å². The highest BCUT2D eigenvalue weighted by Gasteiger charge is 2.23. The molecule has 128 valence electrons. The van der Waals surface area contributed by atoms with Crippen molar-refractivity contribution in [3.8, 4) is 11.3 Å². The monoisotopic (exact) mass is 346 g/mol. The minimum absolute atomic E-state index is 0.0446. The SMILES string of the molecule is CCn1cc(C(=O)O)c(=O)c2c(F)cc(-c3ccnc(N)n3)c(F)c21. The smallest absolute Gasteiger partial charge is 0.341 e. The summed E-state index contributed by atoms with van der Waals surface area (Å²) in [6.07, 6.45) is 2.28. The Morgan fingerprint density at radius 3 is 2.72 bits per heavy atom. The Bertz CT molecular complexity index is 1080. The zero-order valence-electron chi connectivity index (χ0n) is 13.0. The van der Waals surface area contributed by atoms with Crippen LogP contribution >= 0.6 is 0 Å². The van der Waals surface area contributed by atoms with Crippen LogP contribution in [0.1, 0.15) is 17.3 Å². The molecule has 0 aliphatic heterocycles. The number of nitrogen functional groups attached to an aromatic ring is 1. The van der Waals surface area contributed by atoms with Crippen molar-refractivity contribution in [1.82, 2.24) is 14.5 Å². The molecule has 0 unspecified atom stereocenters. The standard InChI is InChI=1S/C16H12F2N4O3/c1-2-22-6-8(15(24)25)14(23)11-9(17)5-7(12(18)13(11)22)10-3-4-20-16(19)21-10/h3-6H,2H2,1H3,(H,24,25)(H2,19,20,21). The van der Waals surface area contributed by atoms with Gasteiger partial charge in [0.2, 0.25) is 11.4 Å². The maximum absolute atomic E-state index is 15.1. The van der Waals surface area contributed by atoms with Gasteiger partial charge >= 0.3 is 5.97 Å². The molecular weight excluding hydrogens is 334 g/mol. The van der Waals surface area contributed by atoms with Crippen molar-refractivity contribution in [1.29, 1.82) is 0 Å². The first-order valence-corrected chi connectivity index (χ1v) is 7.22. The summed E-state index contributed by atoms with van der Waals surface area (Å²) < 4.78 is 30.8. The van der Waals surface area contributed by atoms with E-state index < -0.39 is 34.0 Å². The van der Waals surface area contributed by atoms with E-state index in [1.807, 2.05) is 0 Å². The molecule has 0 amide bonds. The highest BCUT2D eigenvalue weighted by Crippen LogP contribution is 2.29. The fraction of sp³-hybridized carbons (Fsp3) is 0.125. The zero-order valence-corrected chi connectivity index (χ0v) is 13.0. The molecule has 0 radical (unpaired) electrons. The summed E-state index contributed by atoms with van der Waals surface area (Å²) in [5, 5.41) is 8.49. The third kappa shape index (κ3) is 2.59. The van der Waals surface area contributed by atoms with E-state index in [2.05, 4.69) is 9.97 Å². The van der Waals surface area contributed by atoms with Crippen LogP contribution in [0.25, 0.3) is 22.2 Å². The van der Waals surface area contributed by atoms with Crippen LogP contribution in [-0.2, 0) is 6.54 Å². The van der Waals surface area contributed by atoms with E-state index in [1.165, 1.54) is 16.8 Å². The van der Waals surface area contributed by atoms with Gasteiger partial charge in [0.05, 0.1) is 16.6 Å². The van der Waals surface area contributed by atoms with Crippen molar-refractivity contribution in [3.05, 3.63) is 51.9 Å². The number of halogens is 2. The Balaban J connectivity index is 2.47. The number of carboxylic acids is 1. The van der Waals surface area contributed by atoms with Gasteiger partial charge in [-0.1, -0.05) is 0 Å². The molecule has 7 nitrogen and oxygen atoms in total. The lowest BCUT2D eigenvalue weighted by Gasteiger charge is -2.14. The molecule has 1 aromatic carbocycles. The average Bonchev–Trinajstić information content (AvgIpc) is 2.57. The number of pyridine rings is 1. The molecular formula is C16H12F2N4O3. The second-order valence-corrected chi connectivity index (χ2v) is 5.21. The van der Waals surface area contributed by atoms with Crippen LogP contribution < -0.4 is 11.2 Å². The lowest BCUT2D eigenvalue weighted by atomic mass is 10.0. The minimum Gasteiger partial charge on any atom is -0.477 e. The molecule has 2 aromatic heterocycles. The number of hydrogen-bond donors (Lipinski definition) is 2. The van der Waals surface area contributed by atoms with Gasteiger partial charge in [0, 0.05) is 24.5 Å². The summed E-state index contributed by atoms with van der Waals surface area (Å²) in [6, 6.07) is 2.15. The first kappa shape index (κ1) is 16.5. The molecule has 0 saturated carbocycles. The molecule has 0 spiro atoms. The molecule has 3 rings (SSSR count). The van der Waals surface area contributed by atoms with Crippen LogP contribution in [-0.4, -0.2) is 25.6 Å². The predicted octanol–water partition coefficient (Wildman–Crippen LogP) is 2.04. The van der Waals surface area contributed by atoms with Crippen LogP contribution in [0.15, 0.2) is 29.3 Å². The van der Waals surface area contributed by atoms with Gasteiger partial charge in [-0.15, -0.1) is 0 Å². The maximum Gasteiger partial charge on any atom is 0.341 e. The number of aryl methyl sites for hydroxylation is 1. The molecule has 0 bridgehead atoms. The van der Waals surface area contributed by atoms with Gasteiger partial charge in [-0.05, 0) is 19.1 Å².